The van der Waals surface area contributed by atoms with E-state index in [4.69, 9.17) is 11.6 Å². The van der Waals surface area contributed by atoms with Crippen LogP contribution in [-0.2, 0) is 15.1 Å². The number of halogens is 3. The Labute approximate surface area is 158 Å². The van der Waals surface area contributed by atoms with Crippen molar-refractivity contribution in [1.29, 1.82) is 0 Å². The Morgan fingerprint density at radius 1 is 1.22 bits per heavy atom. The van der Waals surface area contributed by atoms with E-state index in [0.717, 1.165) is 18.2 Å². The molecule has 4 amide bonds. The normalized spacial score (nSPS) is 19.2. The third kappa shape index (κ3) is 3.61. The highest BCUT2D eigenvalue weighted by Gasteiger charge is 2.50. The summed E-state index contributed by atoms with van der Waals surface area (Å²) in [5.74, 6) is -3.12. The van der Waals surface area contributed by atoms with Gasteiger partial charge >= 0.3 is 6.03 Å². The molecule has 1 heterocycles. The van der Waals surface area contributed by atoms with Gasteiger partial charge in [0.2, 0.25) is 5.91 Å². The number of rotatable bonds is 4. The number of carbonyl (C=O) groups excluding carboxylic acids is 3. The molecule has 0 spiro atoms. The number of nitrogens with zero attached hydrogens (tertiary/aromatic N) is 1. The molecule has 1 unspecified atom stereocenters. The first-order valence-corrected chi connectivity index (χ1v) is 8.23. The summed E-state index contributed by atoms with van der Waals surface area (Å²) in [5, 5.41) is 5.23. The average Bonchev–Trinajstić information content (AvgIpc) is 2.81. The Kier molecular flexibility index (Phi) is 4.84. The van der Waals surface area contributed by atoms with Gasteiger partial charge in [-0.25, -0.2) is 13.6 Å². The van der Waals surface area contributed by atoms with Crippen LogP contribution in [0.4, 0.5) is 19.3 Å². The lowest BCUT2D eigenvalue weighted by Gasteiger charge is -2.22. The van der Waals surface area contributed by atoms with Gasteiger partial charge in [-0.3, -0.25) is 14.5 Å². The topological polar surface area (TPSA) is 78.5 Å². The maximum Gasteiger partial charge on any atom is 0.325 e. The molecule has 0 saturated carbocycles. The number of nitrogens with one attached hydrogen (secondary N) is 2. The molecule has 1 saturated heterocycles. The highest BCUT2D eigenvalue weighted by atomic mass is 35.5. The zero-order valence-corrected chi connectivity index (χ0v) is 14.8. The van der Waals surface area contributed by atoms with Gasteiger partial charge in [-0.1, -0.05) is 17.7 Å². The average molecular weight is 394 g/mol. The molecule has 2 aromatic carbocycles. The van der Waals surface area contributed by atoms with Gasteiger partial charge < -0.3 is 10.6 Å². The fourth-order valence-electron chi connectivity index (χ4n) is 2.81. The summed E-state index contributed by atoms with van der Waals surface area (Å²) >= 11 is 5.83. The van der Waals surface area contributed by atoms with E-state index in [1.807, 2.05) is 0 Å². The molecule has 1 aliphatic heterocycles. The van der Waals surface area contributed by atoms with Crippen molar-refractivity contribution in [1.82, 2.24) is 10.2 Å². The number of benzene rings is 2. The summed E-state index contributed by atoms with van der Waals surface area (Å²) in [6, 6.07) is 8.04. The second-order valence-electron chi connectivity index (χ2n) is 6.13. The van der Waals surface area contributed by atoms with E-state index in [0.29, 0.717) is 15.6 Å². The van der Waals surface area contributed by atoms with Crippen molar-refractivity contribution in [2.75, 3.05) is 11.9 Å². The number of hydrogen-bond donors (Lipinski definition) is 2. The van der Waals surface area contributed by atoms with E-state index in [1.54, 1.807) is 18.2 Å². The zero-order chi connectivity index (χ0) is 19.8. The number of urea groups is 1. The summed E-state index contributed by atoms with van der Waals surface area (Å²) in [4.78, 5) is 37.7. The van der Waals surface area contributed by atoms with Crippen LogP contribution in [0.15, 0.2) is 42.5 Å². The fourth-order valence-corrected chi connectivity index (χ4v) is 3.00. The van der Waals surface area contributed by atoms with Gasteiger partial charge in [0.15, 0.2) is 0 Å². The van der Waals surface area contributed by atoms with Gasteiger partial charge in [0.25, 0.3) is 5.91 Å². The Morgan fingerprint density at radius 3 is 2.67 bits per heavy atom. The lowest BCUT2D eigenvalue weighted by molar-refractivity contribution is -0.133. The van der Waals surface area contributed by atoms with Crippen LogP contribution in [0.25, 0.3) is 0 Å². The lowest BCUT2D eigenvalue weighted by atomic mass is 9.91. The predicted molar refractivity (Wildman–Crippen MR) is 94.0 cm³/mol. The Balaban J connectivity index is 1.79. The van der Waals surface area contributed by atoms with E-state index < -0.39 is 41.6 Å². The molecule has 0 aromatic heterocycles. The molecular formula is C18H14ClF2N3O3. The van der Waals surface area contributed by atoms with Crippen LogP contribution in [0.3, 0.4) is 0 Å². The van der Waals surface area contributed by atoms with Crippen molar-refractivity contribution in [3.05, 3.63) is 64.7 Å². The number of carbonyl (C=O) groups is 3. The van der Waals surface area contributed by atoms with Crippen molar-refractivity contribution in [2.45, 2.75) is 12.5 Å². The van der Waals surface area contributed by atoms with E-state index >= 15 is 0 Å². The minimum atomic E-state index is -1.82. The van der Waals surface area contributed by atoms with E-state index in [2.05, 4.69) is 10.6 Å². The number of imide groups is 1. The molecule has 0 radical (unpaired) electrons. The van der Waals surface area contributed by atoms with Crippen LogP contribution < -0.4 is 10.6 Å². The Hall–Kier alpha value is -3.00. The van der Waals surface area contributed by atoms with Crippen LogP contribution >= 0.6 is 11.6 Å². The summed E-state index contributed by atoms with van der Waals surface area (Å²) < 4.78 is 27.6. The molecule has 9 heteroatoms. The molecule has 0 bridgehead atoms. The fraction of sp³-hybridized carbons (Fsp3) is 0.167. The second-order valence-corrected chi connectivity index (χ2v) is 6.57. The molecule has 2 N–H and O–H groups in total. The first-order chi connectivity index (χ1) is 12.7. The molecular weight excluding hydrogens is 380 g/mol. The molecule has 3 rings (SSSR count). The standard InChI is InChI=1S/C18H14ClF2N3O3/c1-18(13-8-11(20)5-6-14(13)21)16(26)24(17(27)23-18)9-15(25)22-12-4-2-3-10(19)7-12/h2-8H,9H2,1H3,(H,22,25)(H,23,27). The summed E-state index contributed by atoms with van der Waals surface area (Å²) in [5.41, 5.74) is -1.75. The summed E-state index contributed by atoms with van der Waals surface area (Å²) in [6.07, 6.45) is 0. The van der Waals surface area contributed by atoms with Crippen molar-refractivity contribution in [3.8, 4) is 0 Å². The van der Waals surface area contributed by atoms with Gasteiger partial charge in [-0.2, -0.15) is 0 Å². The molecule has 1 aliphatic rings. The highest BCUT2D eigenvalue weighted by Crippen LogP contribution is 2.31. The first-order valence-electron chi connectivity index (χ1n) is 7.86. The van der Waals surface area contributed by atoms with Crippen LogP contribution in [0.2, 0.25) is 5.02 Å². The molecule has 140 valence electrons. The minimum absolute atomic E-state index is 0.321. The third-order valence-electron chi connectivity index (χ3n) is 4.15. The quantitative estimate of drug-likeness (QED) is 0.784. The third-order valence-corrected chi connectivity index (χ3v) is 4.39. The van der Waals surface area contributed by atoms with E-state index in [9.17, 15) is 23.2 Å². The maximum absolute atomic E-state index is 14.1. The molecule has 0 aliphatic carbocycles. The van der Waals surface area contributed by atoms with Gasteiger partial charge in [-0.05, 0) is 43.3 Å². The van der Waals surface area contributed by atoms with Gasteiger partial charge in [0.1, 0.15) is 23.7 Å². The number of anilines is 1. The number of hydrogen-bond acceptors (Lipinski definition) is 3. The van der Waals surface area contributed by atoms with E-state index in [1.165, 1.54) is 13.0 Å². The molecule has 2 aromatic rings. The SMILES string of the molecule is CC1(c2cc(F)ccc2F)NC(=O)N(CC(=O)Nc2cccc(Cl)c2)C1=O. The van der Waals surface area contributed by atoms with Crippen LogP contribution in [-0.4, -0.2) is 29.3 Å². The largest absolute Gasteiger partial charge is 0.325 e. The lowest BCUT2D eigenvalue weighted by Crippen LogP contribution is -2.42. The monoisotopic (exact) mass is 393 g/mol. The zero-order valence-electron chi connectivity index (χ0n) is 14.1. The van der Waals surface area contributed by atoms with Crippen molar-refractivity contribution in [2.24, 2.45) is 0 Å². The predicted octanol–water partition coefficient (Wildman–Crippen LogP) is 3.02. The van der Waals surface area contributed by atoms with E-state index in [-0.39, 0.29) is 5.56 Å². The Morgan fingerprint density at radius 2 is 1.96 bits per heavy atom. The summed E-state index contributed by atoms with van der Waals surface area (Å²) in [7, 11) is 0. The van der Waals surface area contributed by atoms with Crippen molar-refractivity contribution in [3.63, 3.8) is 0 Å². The molecule has 1 fully saturated rings. The van der Waals surface area contributed by atoms with Crippen molar-refractivity contribution < 1.29 is 23.2 Å². The smallest absolute Gasteiger partial charge is 0.324 e. The van der Waals surface area contributed by atoms with Crippen LogP contribution in [0.1, 0.15) is 12.5 Å². The van der Waals surface area contributed by atoms with Crippen LogP contribution in [0, 0.1) is 11.6 Å². The first kappa shape index (κ1) is 18.8. The molecule has 27 heavy (non-hydrogen) atoms. The second kappa shape index (κ2) is 6.96. The highest BCUT2D eigenvalue weighted by molar-refractivity contribution is 6.30. The van der Waals surface area contributed by atoms with Crippen LogP contribution in [0.5, 0.6) is 0 Å². The summed E-state index contributed by atoms with van der Waals surface area (Å²) in [6.45, 7) is 0.656. The van der Waals surface area contributed by atoms with Gasteiger partial charge in [-0.15, -0.1) is 0 Å². The van der Waals surface area contributed by atoms with Crippen molar-refractivity contribution >= 4 is 35.1 Å². The maximum atomic E-state index is 14.1. The van der Waals surface area contributed by atoms with Gasteiger partial charge in [0.05, 0.1) is 0 Å². The Bertz CT molecular complexity index is 953. The van der Waals surface area contributed by atoms with Gasteiger partial charge in [0, 0.05) is 16.3 Å². The number of amides is 4. The minimum Gasteiger partial charge on any atom is -0.324 e. The molecule has 1 atom stereocenters. The molecule has 6 nitrogen and oxygen atoms in total.